The number of aliphatic hydroxyl groups excluding tert-OH is 1. The van der Waals surface area contributed by atoms with Crippen molar-refractivity contribution < 1.29 is 19.4 Å². The molecule has 5 heteroatoms. The summed E-state index contributed by atoms with van der Waals surface area (Å²) in [6.07, 6.45) is 2.74. The highest BCUT2D eigenvalue weighted by Crippen LogP contribution is 2.29. The molecule has 2 atom stereocenters. The molecule has 28 heavy (non-hydrogen) atoms. The van der Waals surface area contributed by atoms with Gasteiger partial charge < -0.3 is 19.5 Å². The molecule has 0 aliphatic carbocycles. The first kappa shape index (κ1) is 20.4. The van der Waals surface area contributed by atoms with Crippen molar-refractivity contribution in [2.45, 2.75) is 51.0 Å². The number of hydrogen-bond donors (Lipinski definition) is 1. The van der Waals surface area contributed by atoms with E-state index in [1.54, 1.807) is 7.11 Å². The van der Waals surface area contributed by atoms with Crippen LogP contribution in [0.2, 0.25) is 0 Å². The zero-order valence-electron chi connectivity index (χ0n) is 16.4. The summed E-state index contributed by atoms with van der Waals surface area (Å²) in [5, 5.41) is 9.14. The third kappa shape index (κ3) is 5.33. The smallest absolute Gasteiger partial charge is 0.225 e. The van der Waals surface area contributed by atoms with E-state index in [0.29, 0.717) is 19.6 Å². The van der Waals surface area contributed by atoms with Crippen LogP contribution in [0.4, 0.5) is 0 Å². The number of hydrogen-bond acceptors (Lipinski definition) is 4. The van der Waals surface area contributed by atoms with Crippen LogP contribution in [0.15, 0.2) is 54.6 Å². The quantitative estimate of drug-likeness (QED) is 0.638. The highest BCUT2D eigenvalue weighted by Gasteiger charge is 2.39. The average molecular weight is 383 g/mol. The third-order valence-corrected chi connectivity index (χ3v) is 5.25. The molecule has 0 radical (unpaired) electrons. The van der Waals surface area contributed by atoms with Crippen LogP contribution < -0.4 is 4.74 Å². The lowest BCUT2D eigenvalue weighted by molar-refractivity contribution is -0.129. The molecule has 2 aromatic rings. The zero-order valence-corrected chi connectivity index (χ0v) is 16.4. The minimum atomic E-state index is -0.121. The molecule has 1 fully saturated rings. The summed E-state index contributed by atoms with van der Waals surface area (Å²) >= 11 is 0. The zero-order chi connectivity index (χ0) is 19.8. The summed E-state index contributed by atoms with van der Waals surface area (Å²) in [4.78, 5) is 14.7. The van der Waals surface area contributed by atoms with Gasteiger partial charge in [0.15, 0.2) is 0 Å². The first-order chi connectivity index (χ1) is 13.7. The van der Waals surface area contributed by atoms with Crippen LogP contribution >= 0.6 is 0 Å². The number of methoxy groups -OCH3 is 1. The van der Waals surface area contributed by atoms with Crippen molar-refractivity contribution >= 4 is 5.91 Å². The molecule has 2 aromatic carbocycles. The largest absolute Gasteiger partial charge is 0.497 e. The molecule has 1 amide bonds. The fraction of sp³-hybridized carbons (Fsp3) is 0.435. The minimum absolute atomic E-state index is 0.0323. The van der Waals surface area contributed by atoms with E-state index in [2.05, 4.69) is 0 Å². The van der Waals surface area contributed by atoms with Gasteiger partial charge >= 0.3 is 0 Å². The number of rotatable bonds is 10. The van der Waals surface area contributed by atoms with Crippen LogP contribution in [0.5, 0.6) is 5.75 Å². The summed E-state index contributed by atoms with van der Waals surface area (Å²) in [6, 6.07) is 17.9. The normalized spacial score (nSPS) is 19.2. The molecule has 0 spiro atoms. The first-order valence-corrected chi connectivity index (χ1v) is 9.90. The average Bonchev–Trinajstić information content (AvgIpc) is 3.02. The van der Waals surface area contributed by atoms with E-state index < -0.39 is 0 Å². The molecule has 1 aliphatic rings. The molecule has 150 valence electrons. The number of carbonyl (C=O) groups excluding carboxylic acids is 1. The summed E-state index contributed by atoms with van der Waals surface area (Å²) in [5.41, 5.74) is 2.18. The second-order valence-corrected chi connectivity index (χ2v) is 7.20. The fourth-order valence-electron chi connectivity index (χ4n) is 3.70. The lowest BCUT2D eigenvalue weighted by Crippen LogP contribution is -2.37. The van der Waals surface area contributed by atoms with Gasteiger partial charge in [-0.2, -0.15) is 0 Å². The summed E-state index contributed by atoms with van der Waals surface area (Å²) < 4.78 is 11.4. The molecular formula is C23H29NO4. The van der Waals surface area contributed by atoms with Gasteiger partial charge in [0.05, 0.1) is 32.3 Å². The Morgan fingerprint density at radius 3 is 2.46 bits per heavy atom. The molecule has 1 aliphatic heterocycles. The molecular weight excluding hydrogens is 354 g/mol. The SMILES string of the molecule is COc1ccc(CN2C(=O)C[C@H](OCc3ccccc3)[C@H]2CCCCO)cc1. The van der Waals surface area contributed by atoms with Crippen LogP contribution in [-0.4, -0.2) is 41.8 Å². The van der Waals surface area contributed by atoms with E-state index in [0.717, 1.165) is 36.1 Å². The Labute approximate surface area is 166 Å². The van der Waals surface area contributed by atoms with Crippen molar-refractivity contribution in [3.63, 3.8) is 0 Å². The summed E-state index contributed by atoms with van der Waals surface area (Å²) in [7, 11) is 1.64. The van der Waals surface area contributed by atoms with Crippen molar-refractivity contribution in [3.05, 3.63) is 65.7 Å². The second kappa shape index (κ2) is 10.2. The van der Waals surface area contributed by atoms with Gasteiger partial charge in [-0.3, -0.25) is 4.79 Å². The maximum Gasteiger partial charge on any atom is 0.225 e. The van der Waals surface area contributed by atoms with Crippen LogP contribution in [-0.2, 0) is 22.7 Å². The van der Waals surface area contributed by atoms with E-state index >= 15 is 0 Å². The van der Waals surface area contributed by atoms with Gasteiger partial charge in [0.2, 0.25) is 5.91 Å². The van der Waals surface area contributed by atoms with Gasteiger partial charge in [0, 0.05) is 13.2 Å². The molecule has 5 nitrogen and oxygen atoms in total. The van der Waals surface area contributed by atoms with E-state index in [-0.39, 0.29) is 24.7 Å². The lowest BCUT2D eigenvalue weighted by atomic mass is 10.0. The number of aliphatic hydroxyl groups is 1. The van der Waals surface area contributed by atoms with Gasteiger partial charge in [-0.05, 0) is 42.5 Å². The lowest BCUT2D eigenvalue weighted by Gasteiger charge is -2.28. The number of ether oxygens (including phenoxy) is 2. The van der Waals surface area contributed by atoms with Crippen LogP contribution in [0.25, 0.3) is 0 Å². The van der Waals surface area contributed by atoms with Crippen LogP contribution in [0.3, 0.4) is 0 Å². The summed E-state index contributed by atoms with van der Waals surface area (Å²) in [6.45, 7) is 1.25. The van der Waals surface area contributed by atoms with Crippen molar-refractivity contribution in [3.8, 4) is 5.75 Å². The standard InChI is InChI=1S/C23H29NO4/c1-27-20-12-10-18(11-13-20)16-24-21(9-5-6-14-25)22(15-23(24)26)28-17-19-7-3-2-4-8-19/h2-4,7-8,10-13,21-22,25H,5-6,9,14-17H2,1H3/t21-,22+/m1/s1. The Hall–Kier alpha value is -2.37. The number of carbonyl (C=O) groups is 1. The second-order valence-electron chi connectivity index (χ2n) is 7.20. The van der Waals surface area contributed by atoms with Crippen LogP contribution in [0.1, 0.15) is 36.8 Å². The molecule has 3 rings (SSSR count). The third-order valence-electron chi connectivity index (χ3n) is 5.25. The first-order valence-electron chi connectivity index (χ1n) is 9.90. The van der Waals surface area contributed by atoms with Gasteiger partial charge in [-0.25, -0.2) is 0 Å². The van der Waals surface area contributed by atoms with E-state index in [1.807, 2.05) is 59.5 Å². The predicted octanol–water partition coefficient (Wildman–Crippen LogP) is 3.54. The van der Waals surface area contributed by atoms with E-state index in [1.165, 1.54) is 0 Å². The van der Waals surface area contributed by atoms with Gasteiger partial charge in [0.25, 0.3) is 0 Å². The maximum absolute atomic E-state index is 12.7. The molecule has 1 N–H and O–H groups in total. The molecule has 1 saturated heterocycles. The topological polar surface area (TPSA) is 59.0 Å². The Morgan fingerprint density at radius 1 is 1.04 bits per heavy atom. The van der Waals surface area contributed by atoms with Crippen molar-refractivity contribution in [2.24, 2.45) is 0 Å². The number of nitrogens with zero attached hydrogens (tertiary/aromatic N) is 1. The van der Waals surface area contributed by atoms with E-state index in [4.69, 9.17) is 14.6 Å². The predicted molar refractivity (Wildman–Crippen MR) is 108 cm³/mol. The minimum Gasteiger partial charge on any atom is -0.497 e. The molecule has 0 unspecified atom stereocenters. The van der Waals surface area contributed by atoms with Gasteiger partial charge in [-0.1, -0.05) is 42.5 Å². The van der Waals surface area contributed by atoms with E-state index in [9.17, 15) is 4.79 Å². The molecule has 0 bridgehead atoms. The van der Waals surface area contributed by atoms with Crippen LogP contribution in [0, 0.1) is 0 Å². The number of benzene rings is 2. The van der Waals surface area contributed by atoms with Crippen molar-refractivity contribution in [1.29, 1.82) is 0 Å². The van der Waals surface area contributed by atoms with Crippen molar-refractivity contribution in [2.75, 3.05) is 13.7 Å². The Bertz CT molecular complexity index is 732. The fourth-order valence-corrected chi connectivity index (χ4v) is 3.70. The Morgan fingerprint density at radius 2 is 1.79 bits per heavy atom. The van der Waals surface area contributed by atoms with Gasteiger partial charge in [0.1, 0.15) is 5.75 Å². The monoisotopic (exact) mass is 383 g/mol. The molecule has 0 aromatic heterocycles. The number of amides is 1. The summed E-state index contributed by atoms with van der Waals surface area (Å²) in [5.74, 6) is 0.933. The number of likely N-dealkylation sites (tertiary alicyclic amines) is 1. The number of unbranched alkanes of at least 4 members (excludes halogenated alkanes) is 1. The van der Waals surface area contributed by atoms with Crippen molar-refractivity contribution in [1.82, 2.24) is 4.90 Å². The van der Waals surface area contributed by atoms with Gasteiger partial charge in [-0.15, -0.1) is 0 Å². The highest BCUT2D eigenvalue weighted by atomic mass is 16.5. The molecule has 0 saturated carbocycles. The molecule has 1 heterocycles. The highest BCUT2D eigenvalue weighted by molar-refractivity contribution is 5.79. The Kier molecular flexibility index (Phi) is 7.46. The maximum atomic E-state index is 12.7. The Balaban J connectivity index is 1.68.